The first-order valence-corrected chi connectivity index (χ1v) is 9.28. The summed E-state index contributed by atoms with van der Waals surface area (Å²) in [5.74, 6) is -0.350. The molecule has 3 aromatic rings. The van der Waals surface area contributed by atoms with Crippen molar-refractivity contribution in [1.82, 2.24) is 5.32 Å². The van der Waals surface area contributed by atoms with E-state index in [0.717, 1.165) is 10.4 Å². The highest BCUT2D eigenvalue weighted by molar-refractivity contribution is 7.10. The van der Waals surface area contributed by atoms with Crippen LogP contribution >= 0.6 is 11.3 Å². The molecular weight excluding hydrogens is 344 g/mol. The lowest BCUT2D eigenvalue weighted by molar-refractivity contribution is -0.115. The quantitative estimate of drug-likeness (QED) is 0.680. The molecule has 0 radical (unpaired) electrons. The molecular formula is C21H20N2O2S. The number of benzene rings is 2. The topological polar surface area (TPSA) is 58.2 Å². The zero-order chi connectivity index (χ0) is 18.4. The van der Waals surface area contributed by atoms with Crippen LogP contribution < -0.4 is 10.6 Å². The summed E-state index contributed by atoms with van der Waals surface area (Å²) in [6.45, 7) is 1.94. The molecule has 2 aromatic carbocycles. The van der Waals surface area contributed by atoms with Crippen LogP contribution in [-0.2, 0) is 11.2 Å². The summed E-state index contributed by atoms with van der Waals surface area (Å²) in [6.07, 6.45) is 0.300. The number of rotatable bonds is 6. The summed E-state index contributed by atoms with van der Waals surface area (Å²) in [4.78, 5) is 25.9. The summed E-state index contributed by atoms with van der Waals surface area (Å²) < 4.78 is 0. The molecule has 0 aliphatic carbocycles. The molecule has 0 bridgehead atoms. The van der Waals surface area contributed by atoms with Gasteiger partial charge in [-0.25, -0.2) is 0 Å². The molecule has 132 valence electrons. The van der Waals surface area contributed by atoms with Crippen LogP contribution in [0.3, 0.4) is 0 Å². The van der Waals surface area contributed by atoms with E-state index in [9.17, 15) is 9.59 Å². The van der Waals surface area contributed by atoms with Crippen molar-refractivity contribution in [3.05, 3.63) is 88.1 Å². The molecule has 3 rings (SSSR count). The van der Waals surface area contributed by atoms with Crippen LogP contribution in [0.2, 0.25) is 0 Å². The van der Waals surface area contributed by atoms with Crippen molar-refractivity contribution >= 4 is 28.8 Å². The first-order chi connectivity index (χ1) is 12.6. The molecule has 0 unspecified atom stereocenters. The molecule has 1 heterocycles. The molecule has 2 amide bonds. The average Bonchev–Trinajstić information content (AvgIpc) is 3.15. The largest absolute Gasteiger partial charge is 0.345 e. The third-order valence-electron chi connectivity index (χ3n) is 4.01. The van der Waals surface area contributed by atoms with Crippen molar-refractivity contribution in [2.45, 2.75) is 19.4 Å². The Kier molecular flexibility index (Phi) is 5.81. The molecule has 0 aliphatic rings. The number of anilines is 1. The van der Waals surface area contributed by atoms with Crippen LogP contribution in [0.5, 0.6) is 0 Å². The van der Waals surface area contributed by atoms with Gasteiger partial charge in [0.25, 0.3) is 5.91 Å². The first kappa shape index (κ1) is 17.9. The van der Waals surface area contributed by atoms with Crippen molar-refractivity contribution in [3.63, 3.8) is 0 Å². The van der Waals surface area contributed by atoms with Crippen LogP contribution in [0.15, 0.2) is 72.1 Å². The molecule has 0 saturated carbocycles. The number of thiophene rings is 1. The molecule has 0 aliphatic heterocycles. The van der Waals surface area contributed by atoms with Crippen molar-refractivity contribution in [2.75, 3.05) is 5.32 Å². The normalized spacial score (nSPS) is 11.6. The maximum atomic E-state index is 12.7. The highest BCUT2D eigenvalue weighted by Crippen LogP contribution is 2.19. The minimum Gasteiger partial charge on any atom is -0.345 e. The highest BCUT2D eigenvalue weighted by Gasteiger charge is 2.16. The van der Waals surface area contributed by atoms with Gasteiger partial charge in [0.1, 0.15) is 0 Å². The van der Waals surface area contributed by atoms with E-state index in [1.165, 1.54) is 11.3 Å². The van der Waals surface area contributed by atoms with E-state index in [1.807, 2.05) is 54.8 Å². The minimum atomic E-state index is -0.214. The number of para-hydroxylation sites is 1. The third-order valence-corrected chi connectivity index (χ3v) is 4.88. The number of hydrogen-bond acceptors (Lipinski definition) is 3. The minimum absolute atomic E-state index is 0.126. The summed E-state index contributed by atoms with van der Waals surface area (Å²) >= 11 is 1.54. The fourth-order valence-electron chi connectivity index (χ4n) is 2.66. The summed E-state index contributed by atoms with van der Waals surface area (Å²) in [5.41, 5.74) is 2.00. The standard InChI is InChI=1S/C21H20N2O2S/c1-15(16-8-3-2-4-9-16)22-21(25)18-11-5-6-12-19(18)23-20(24)14-17-10-7-13-26-17/h2-13,15H,14H2,1H3,(H,22,25)(H,23,24)/t15-/m0/s1. The van der Waals surface area contributed by atoms with Crippen LogP contribution in [0.25, 0.3) is 0 Å². The number of amides is 2. The number of nitrogens with one attached hydrogen (secondary N) is 2. The molecule has 1 atom stereocenters. The maximum Gasteiger partial charge on any atom is 0.253 e. The van der Waals surface area contributed by atoms with Crippen molar-refractivity contribution in [3.8, 4) is 0 Å². The van der Waals surface area contributed by atoms with Gasteiger partial charge in [-0.2, -0.15) is 0 Å². The fourth-order valence-corrected chi connectivity index (χ4v) is 3.36. The Morgan fingerprint density at radius 2 is 1.69 bits per heavy atom. The van der Waals surface area contributed by atoms with Gasteiger partial charge in [0.15, 0.2) is 0 Å². The summed E-state index contributed by atoms with van der Waals surface area (Å²) in [6, 6.07) is 20.5. The Hall–Kier alpha value is -2.92. The van der Waals surface area contributed by atoms with Crippen LogP contribution in [0, 0.1) is 0 Å². The van der Waals surface area contributed by atoms with Gasteiger partial charge in [-0.15, -0.1) is 11.3 Å². The lowest BCUT2D eigenvalue weighted by atomic mass is 10.1. The molecule has 5 heteroatoms. The summed E-state index contributed by atoms with van der Waals surface area (Å²) in [7, 11) is 0. The molecule has 26 heavy (non-hydrogen) atoms. The molecule has 0 saturated heterocycles. The lowest BCUT2D eigenvalue weighted by Gasteiger charge is -2.16. The van der Waals surface area contributed by atoms with Gasteiger partial charge in [-0.3, -0.25) is 9.59 Å². The summed E-state index contributed by atoms with van der Waals surface area (Å²) in [5, 5.41) is 7.77. The number of hydrogen-bond donors (Lipinski definition) is 2. The van der Waals surface area contributed by atoms with Gasteiger partial charge in [0, 0.05) is 4.88 Å². The maximum absolute atomic E-state index is 12.7. The van der Waals surface area contributed by atoms with Crippen molar-refractivity contribution < 1.29 is 9.59 Å². The van der Waals surface area contributed by atoms with E-state index in [1.54, 1.807) is 24.3 Å². The first-order valence-electron chi connectivity index (χ1n) is 8.40. The van der Waals surface area contributed by atoms with E-state index in [0.29, 0.717) is 17.7 Å². The Balaban J connectivity index is 1.70. The Labute approximate surface area is 156 Å². The van der Waals surface area contributed by atoms with Crippen molar-refractivity contribution in [2.24, 2.45) is 0 Å². The second-order valence-corrected chi connectivity index (χ2v) is 6.99. The second kappa shape index (κ2) is 8.45. The van der Waals surface area contributed by atoms with E-state index in [-0.39, 0.29) is 17.9 Å². The van der Waals surface area contributed by atoms with Crippen LogP contribution in [0.4, 0.5) is 5.69 Å². The Morgan fingerprint density at radius 3 is 2.42 bits per heavy atom. The molecule has 1 aromatic heterocycles. The van der Waals surface area contributed by atoms with Gasteiger partial charge in [-0.1, -0.05) is 48.5 Å². The molecule has 2 N–H and O–H groups in total. The SMILES string of the molecule is C[C@H](NC(=O)c1ccccc1NC(=O)Cc1cccs1)c1ccccc1. The number of carbonyl (C=O) groups excluding carboxylic acids is 2. The smallest absolute Gasteiger partial charge is 0.253 e. The van der Waals surface area contributed by atoms with Crippen LogP contribution in [-0.4, -0.2) is 11.8 Å². The van der Waals surface area contributed by atoms with Gasteiger partial charge in [-0.05, 0) is 36.1 Å². The van der Waals surface area contributed by atoms with E-state index in [4.69, 9.17) is 0 Å². The van der Waals surface area contributed by atoms with E-state index in [2.05, 4.69) is 10.6 Å². The second-order valence-electron chi connectivity index (χ2n) is 5.96. The fraction of sp³-hybridized carbons (Fsp3) is 0.143. The van der Waals surface area contributed by atoms with Gasteiger partial charge >= 0.3 is 0 Å². The van der Waals surface area contributed by atoms with E-state index < -0.39 is 0 Å². The molecule has 0 fully saturated rings. The average molecular weight is 364 g/mol. The Morgan fingerprint density at radius 1 is 0.962 bits per heavy atom. The van der Waals surface area contributed by atoms with Crippen molar-refractivity contribution in [1.29, 1.82) is 0 Å². The van der Waals surface area contributed by atoms with Crippen LogP contribution in [0.1, 0.15) is 33.8 Å². The predicted molar refractivity (Wildman–Crippen MR) is 105 cm³/mol. The third kappa shape index (κ3) is 4.58. The van der Waals surface area contributed by atoms with E-state index >= 15 is 0 Å². The zero-order valence-corrected chi connectivity index (χ0v) is 15.3. The molecule has 4 nitrogen and oxygen atoms in total. The monoisotopic (exact) mass is 364 g/mol. The van der Waals surface area contributed by atoms with Gasteiger partial charge in [0.2, 0.25) is 5.91 Å². The Bertz CT molecular complexity index is 876. The van der Waals surface area contributed by atoms with Gasteiger partial charge < -0.3 is 10.6 Å². The predicted octanol–water partition coefficient (Wildman–Crippen LogP) is 4.42. The number of carbonyl (C=O) groups is 2. The zero-order valence-electron chi connectivity index (χ0n) is 14.4. The highest BCUT2D eigenvalue weighted by atomic mass is 32.1. The lowest BCUT2D eigenvalue weighted by Crippen LogP contribution is -2.28. The molecule has 0 spiro atoms. The van der Waals surface area contributed by atoms with Gasteiger partial charge in [0.05, 0.1) is 23.7 Å².